The molecule has 8 heteroatoms. The molecule has 2 aliphatic rings. The summed E-state index contributed by atoms with van der Waals surface area (Å²) in [7, 11) is -3.39. The highest BCUT2D eigenvalue weighted by Gasteiger charge is 2.33. The monoisotopic (exact) mass is 407 g/mol. The van der Waals surface area contributed by atoms with E-state index in [1.807, 2.05) is 4.90 Å². The molecule has 0 spiro atoms. The van der Waals surface area contributed by atoms with Gasteiger partial charge in [-0.2, -0.15) is 0 Å². The highest BCUT2D eigenvalue weighted by Crippen LogP contribution is 2.19. The van der Waals surface area contributed by atoms with E-state index in [4.69, 9.17) is 0 Å². The molecule has 0 saturated carbocycles. The predicted molar refractivity (Wildman–Crippen MR) is 107 cm³/mol. The molecule has 0 N–H and O–H groups in total. The van der Waals surface area contributed by atoms with Crippen molar-refractivity contribution in [1.29, 1.82) is 0 Å². The first-order chi connectivity index (χ1) is 13.3. The molecule has 2 aliphatic heterocycles. The highest BCUT2D eigenvalue weighted by atomic mass is 32.2. The number of hydrogen-bond acceptors (Lipinski definition) is 5. The van der Waals surface area contributed by atoms with E-state index in [0.717, 1.165) is 25.9 Å². The number of sulfone groups is 1. The number of benzene rings is 1. The van der Waals surface area contributed by atoms with Gasteiger partial charge in [0.05, 0.1) is 17.4 Å². The second kappa shape index (κ2) is 8.61. The molecule has 2 amide bonds. The van der Waals surface area contributed by atoms with Crippen molar-refractivity contribution in [2.75, 3.05) is 45.5 Å². The molecule has 1 aromatic carbocycles. The Morgan fingerprint density at radius 2 is 1.75 bits per heavy atom. The van der Waals surface area contributed by atoms with Crippen LogP contribution in [0.3, 0.4) is 0 Å². The maximum atomic E-state index is 12.9. The van der Waals surface area contributed by atoms with Crippen molar-refractivity contribution in [3.05, 3.63) is 29.8 Å². The molecule has 154 valence electrons. The van der Waals surface area contributed by atoms with Crippen LogP contribution in [0.1, 0.15) is 25.3 Å². The Morgan fingerprint density at radius 1 is 1.07 bits per heavy atom. The first kappa shape index (κ1) is 20.8. The van der Waals surface area contributed by atoms with Gasteiger partial charge >= 0.3 is 0 Å². The van der Waals surface area contributed by atoms with E-state index in [-0.39, 0.29) is 29.2 Å². The van der Waals surface area contributed by atoms with Crippen LogP contribution in [0, 0.1) is 0 Å². The zero-order valence-electron chi connectivity index (χ0n) is 16.6. The minimum absolute atomic E-state index is 0.0153. The summed E-state index contributed by atoms with van der Waals surface area (Å²) in [4.78, 5) is 31.2. The van der Waals surface area contributed by atoms with Crippen LogP contribution in [0.5, 0.6) is 0 Å². The van der Waals surface area contributed by atoms with Crippen molar-refractivity contribution in [3.8, 4) is 0 Å². The van der Waals surface area contributed by atoms with Gasteiger partial charge in [0.1, 0.15) is 0 Å². The minimum atomic E-state index is -3.39. The quantitative estimate of drug-likeness (QED) is 0.721. The maximum Gasteiger partial charge on any atom is 0.227 e. The molecule has 0 aliphatic carbocycles. The van der Waals surface area contributed by atoms with Crippen molar-refractivity contribution in [2.45, 2.75) is 37.1 Å². The van der Waals surface area contributed by atoms with Crippen LogP contribution in [0.2, 0.25) is 0 Å². The molecule has 0 aromatic heterocycles. The summed E-state index contributed by atoms with van der Waals surface area (Å²) >= 11 is 0. The van der Waals surface area contributed by atoms with E-state index in [1.165, 1.54) is 12.8 Å². The fourth-order valence-electron chi connectivity index (χ4n) is 4.20. The Balaban J connectivity index is 1.71. The average Bonchev–Trinajstić information content (AvgIpc) is 3.14. The lowest BCUT2D eigenvalue weighted by Crippen LogP contribution is -2.59. The number of piperazine rings is 1. The normalized spacial score (nSPS) is 21.1. The van der Waals surface area contributed by atoms with Gasteiger partial charge in [0.25, 0.3) is 0 Å². The Morgan fingerprint density at radius 3 is 2.39 bits per heavy atom. The summed E-state index contributed by atoms with van der Waals surface area (Å²) in [6, 6.07) is 6.64. The van der Waals surface area contributed by atoms with Gasteiger partial charge in [-0.3, -0.25) is 9.59 Å². The summed E-state index contributed by atoms with van der Waals surface area (Å²) in [6.07, 6.45) is 3.57. The Hall–Kier alpha value is -1.93. The van der Waals surface area contributed by atoms with Gasteiger partial charge < -0.3 is 14.7 Å². The highest BCUT2D eigenvalue weighted by molar-refractivity contribution is 7.90. The third-order valence-corrected chi connectivity index (χ3v) is 6.82. The first-order valence-corrected chi connectivity index (χ1v) is 11.7. The van der Waals surface area contributed by atoms with Crippen molar-refractivity contribution < 1.29 is 18.0 Å². The lowest BCUT2D eigenvalue weighted by atomic mass is 10.1. The summed E-state index contributed by atoms with van der Waals surface area (Å²) in [5.74, 6) is -0.0514. The fraction of sp³-hybridized carbons (Fsp3) is 0.600. The molecule has 1 atom stereocenters. The Labute approximate surface area is 167 Å². The van der Waals surface area contributed by atoms with Gasteiger partial charge in [-0.15, -0.1) is 0 Å². The van der Waals surface area contributed by atoms with Crippen LogP contribution in [0.4, 0.5) is 0 Å². The van der Waals surface area contributed by atoms with Crippen LogP contribution in [0.15, 0.2) is 29.2 Å². The van der Waals surface area contributed by atoms with Crippen molar-refractivity contribution >= 4 is 21.7 Å². The number of amides is 2. The summed E-state index contributed by atoms with van der Waals surface area (Å²) in [6.45, 7) is 5.94. The molecule has 0 bridgehead atoms. The van der Waals surface area contributed by atoms with Crippen molar-refractivity contribution in [3.63, 3.8) is 0 Å². The summed E-state index contributed by atoms with van der Waals surface area (Å²) in [5.41, 5.74) is 0.528. The number of nitrogens with zero attached hydrogens (tertiary/aromatic N) is 3. The van der Waals surface area contributed by atoms with E-state index in [2.05, 4.69) is 4.90 Å². The van der Waals surface area contributed by atoms with Crippen LogP contribution >= 0.6 is 0 Å². The molecule has 2 saturated heterocycles. The number of carbonyl (C=O) groups is 2. The number of rotatable bonds is 5. The van der Waals surface area contributed by atoms with Crippen LogP contribution in [0.25, 0.3) is 0 Å². The molecule has 2 fully saturated rings. The molecule has 28 heavy (non-hydrogen) atoms. The van der Waals surface area contributed by atoms with E-state index >= 15 is 0 Å². The van der Waals surface area contributed by atoms with Crippen molar-refractivity contribution in [2.24, 2.45) is 0 Å². The number of likely N-dealkylation sites (tertiary alicyclic amines) is 1. The molecule has 1 aromatic rings. The largest absolute Gasteiger partial charge is 0.339 e. The number of hydrogen-bond donors (Lipinski definition) is 0. The Bertz CT molecular complexity index is 834. The van der Waals surface area contributed by atoms with Gasteiger partial charge in [0.15, 0.2) is 9.84 Å². The Kier molecular flexibility index (Phi) is 6.40. The molecule has 3 rings (SSSR count). The zero-order chi connectivity index (χ0) is 20.3. The molecule has 7 nitrogen and oxygen atoms in total. The van der Waals surface area contributed by atoms with Crippen LogP contribution < -0.4 is 0 Å². The fourth-order valence-corrected chi connectivity index (χ4v) is 5.14. The maximum absolute atomic E-state index is 12.9. The summed E-state index contributed by atoms with van der Waals surface area (Å²) in [5, 5.41) is 0. The van der Waals surface area contributed by atoms with Crippen LogP contribution in [-0.4, -0.2) is 86.5 Å². The minimum Gasteiger partial charge on any atom is -0.339 e. The topological polar surface area (TPSA) is 78.0 Å². The van der Waals surface area contributed by atoms with Gasteiger partial charge in [0, 0.05) is 39.4 Å². The average molecular weight is 408 g/mol. The second-order valence-electron chi connectivity index (χ2n) is 7.77. The van der Waals surface area contributed by atoms with E-state index in [0.29, 0.717) is 25.2 Å². The van der Waals surface area contributed by atoms with Gasteiger partial charge in [0.2, 0.25) is 11.8 Å². The SMILES string of the molecule is CC(=O)N1CCN(C(=O)Cc2ccccc2S(C)(=O)=O)CC1CN1CCCC1. The lowest BCUT2D eigenvalue weighted by molar-refractivity contribution is -0.141. The summed E-state index contributed by atoms with van der Waals surface area (Å²) < 4.78 is 24.0. The smallest absolute Gasteiger partial charge is 0.227 e. The number of carbonyl (C=O) groups excluding carboxylic acids is 2. The molecule has 0 radical (unpaired) electrons. The van der Waals surface area contributed by atoms with Crippen molar-refractivity contribution in [1.82, 2.24) is 14.7 Å². The lowest BCUT2D eigenvalue weighted by Gasteiger charge is -2.42. The van der Waals surface area contributed by atoms with Gasteiger partial charge in [-0.1, -0.05) is 18.2 Å². The molecule has 1 unspecified atom stereocenters. The third-order valence-electron chi connectivity index (χ3n) is 5.62. The second-order valence-corrected chi connectivity index (χ2v) is 9.75. The van der Waals surface area contributed by atoms with E-state index in [9.17, 15) is 18.0 Å². The predicted octanol–water partition coefficient (Wildman–Crippen LogP) is 0.788. The van der Waals surface area contributed by atoms with Crippen LogP contribution in [-0.2, 0) is 25.8 Å². The van der Waals surface area contributed by atoms with Gasteiger partial charge in [-0.25, -0.2) is 8.42 Å². The molecular weight excluding hydrogens is 378 g/mol. The standard InChI is InChI=1S/C20H29N3O4S/c1-16(24)23-12-11-22(15-18(23)14-21-9-5-6-10-21)20(25)13-17-7-3-4-8-19(17)28(2,26)27/h3-4,7-8,18H,5-6,9-15H2,1-2H3. The molecule has 2 heterocycles. The van der Waals surface area contributed by atoms with E-state index in [1.54, 1.807) is 36.1 Å². The van der Waals surface area contributed by atoms with E-state index < -0.39 is 9.84 Å². The molecular formula is C20H29N3O4S. The zero-order valence-corrected chi connectivity index (χ0v) is 17.5. The first-order valence-electron chi connectivity index (χ1n) is 9.81. The van der Waals surface area contributed by atoms with Gasteiger partial charge in [-0.05, 0) is 37.6 Å². The third kappa shape index (κ3) is 4.91.